The van der Waals surface area contributed by atoms with Gasteiger partial charge in [0.05, 0.1) is 5.41 Å². The molecule has 0 aromatic rings. The van der Waals surface area contributed by atoms with Crippen LogP contribution < -0.4 is 5.73 Å². The van der Waals surface area contributed by atoms with Gasteiger partial charge in [0.2, 0.25) is 5.91 Å². The topological polar surface area (TPSA) is 55.6 Å². The fourth-order valence-corrected chi connectivity index (χ4v) is 3.34. The number of nitrogens with zero attached hydrogens (tertiary/aromatic N) is 1. The maximum absolute atomic E-state index is 12.6. The molecule has 1 saturated heterocycles. The first-order valence-electron chi connectivity index (χ1n) is 7.21. The Morgan fingerprint density at radius 1 is 1.33 bits per heavy atom. The van der Waals surface area contributed by atoms with Crippen molar-refractivity contribution >= 4 is 5.91 Å². The molecule has 104 valence electrons. The van der Waals surface area contributed by atoms with Gasteiger partial charge in [-0.05, 0) is 31.6 Å². The van der Waals surface area contributed by atoms with Gasteiger partial charge in [0.25, 0.3) is 0 Å². The number of hydrogen-bond donors (Lipinski definition) is 1. The van der Waals surface area contributed by atoms with Crippen molar-refractivity contribution in [1.29, 1.82) is 0 Å². The van der Waals surface area contributed by atoms with Gasteiger partial charge in [0.1, 0.15) is 0 Å². The van der Waals surface area contributed by atoms with Crippen LogP contribution in [0.1, 0.15) is 38.5 Å². The third-order valence-electron chi connectivity index (χ3n) is 4.65. The Labute approximate surface area is 110 Å². The number of nitrogens with two attached hydrogens (primary N) is 1. The van der Waals surface area contributed by atoms with E-state index in [0.29, 0.717) is 25.7 Å². The van der Waals surface area contributed by atoms with E-state index < -0.39 is 0 Å². The van der Waals surface area contributed by atoms with Crippen molar-refractivity contribution in [2.45, 2.75) is 38.5 Å². The zero-order valence-electron chi connectivity index (χ0n) is 11.5. The van der Waals surface area contributed by atoms with E-state index >= 15 is 0 Å². The number of carbonyl (C=O) groups is 1. The lowest BCUT2D eigenvalue weighted by Crippen LogP contribution is -2.50. The van der Waals surface area contributed by atoms with Crippen LogP contribution in [0, 0.1) is 11.3 Å². The van der Waals surface area contributed by atoms with Crippen molar-refractivity contribution in [3.8, 4) is 0 Å². The number of ether oxygens (including phenoxy) is 1. The summed E-state index contributed by atoms with van der Waals surface area (Å²) < 4.78 is 5.36. The number of amides is 1. The summed E-state index contributed by atoms with van der Waals surface area (Å²) in [5.41, 5.74) is 5.53. The summed E-state index contributed by atoms with van der Waals surface area (Å²) in [7, 11) is 1.94. The average molecular weight is 254 g/mol. The Hall–Kier alpha value is -0.610. The second kappa shape index (κ2) is 6.02. The van der Waals surface area contributed by atoms with E-state index in [1.54, 1.807) is 0 Å². The van der Waals surface area contributed by atoms with Gasteiger partial charge in [0, 0.05) is 33.4 Å². The third-order valence-corrected chi connectivity index (χ3v) is 4.65. The highest BCUT2D eigenvalue weighted by Gasteiger charge is 2.40. The molecule has 1 amide bonds. The molecule has 2 aliphatic rings. The molecule has 4 nitrogen and oxygen atoms in total. The first kappa shape index (κ1) is 13.8. The van der Waals surface area contributed by atoms with E-state index in [4.69, 9.17) is 10.5 Å². The molecule has 2 fully saturated rings. The van der Waals surface area contributed by atoms with Crippen molar-refractivity contribution in [2.75, 3.05) is 33.4 Å². The summed E-state index contributed by atoms with van der Waals surface area (Å²) in [6.45, 7) is 2.69. The molecular formula is C14H26N2O2. The zero-order valence-corrected chi connectivity index (χ0v) is 11.5. The molecule has 2 N–H and O–H groups in total. The van der Waals surface area contributed by atoms with Gasteiger partial charge in [-0.25, -0.2) is 0 Å². The minimum atomic E-state index is -0.356. The van der Waals surface area contributed by atoms with E-state index in [1.165, 1.54) is 25.7 Å². The second-order valence-electron chi connectivity index (χ2n) is 5.93. The van der Waals surface area contributed by atoms with Gasteiger partial charge in [-0.15, -0.1) is 0 Å². The predicted molar refractivity (Wildman–Crippen MR) is 71.1 cm³/mol. The summed E-state index contributed by atoms with van der Waals surface area (Å²) in [5.74, 6) is 0.939. The average Bonchev–Trinajstić information content (AvgIpc) is 2.91. The molecule has 1 heterocycles. The van der Waals surface area contributed by atoms with Crippen LogP contribution in [-0.4, -0.2) is 44.2 Å². The quantitative estimate of drug-likeness (QED) is 0.825. The van der Waals surface area contributed by atoms with Crippen LogP contribution >= 0.6 is 0 Å². The molecule has 0 radical (unpaired) electrons. The minimum absolute atomic E-state index is 0.236. The fourth-order valence-electron chi connectivity index (χ4n) is 3.34. The van der Waals surface area contributed by atoms with Crippen molar-refractivity contribution < 1.29 is 9.53 Å². The summed E-state index contributed by atoms with van der Waals surface area (Å²) in [4.78, 5) is 14.6. The summed E-state index contributed by atoms with van der Waals surface area (Å²) in [5, 5.41) is 0. The monoisotopic (exact) mass is 254 g/mol. The van der Waals surface area contributed by atoms with Gasteiger partial charge in [-0.1, -0.05) is 12.8 Å². The zero-order chi connectivity index (χ0) is 13.0. The predicted octanol–water partition coefficient (Wildman–Crippen LogP) is 1.39. The molecule has 1 aliphatic carbocycles. The smallest absolute Gasteiger partial charge is 0.229 e. The van der Waals surface area contributed by atoms with E-state index in [0.717, 1.165) is 19.4 Å². The standard InChI is InChI=1S/C14H26N2O2/c1-16(10-12-4-2-3-5-12)13(17)14(11-15)6-8-18-9-7-14/h12H,2-11,15H2,1H3. The Balaban J connectivity index is 1.94. The maximum Gasteiger partial charge on any atom is 0.229 e. The normalized spacial score (nSPS) is 24.1. The summed E-state index contributed by atoms with van der Waals surface area (Å²) >= 11 is 0. The van der Waals surface area contributed by atoms with Crippen LogP contribution in [0.2, 0.25) is 0 Å². The van der Waals surface area contributed by atoms with E-state index in [-0.39, 0.29) is 11.3 Å². The van der Waals surface area contributed by atoms with Crippen molar-refractivity contribution in [3.05, 3.63) is 0 Å². The molecule has 0 unspecified atom stereocenters. The lowest BCUT2D eigenvalue weighted by atomic mass is 9.79. The molecule has 2 rings (SSSR count). The summed E-state index contributed by atoms with van der Waals surface area (Å²) in [6, 6.07) is 0. The van der Waals surface area contributed by atoms with Crippen LogP contribution in [0.15, 0.2) is 0 Å². The molecule has 18 heavy (non-hydrogen) atoms. The van der Waals surface area contributed by atoms with Crippen LogP contribution in [0.25, 0.3) is 0 Å². The molecule has 1 saturated carbocycles. The molecular weight excluding hydrogens is 228 g/mol. The first-order valence-corrected chi connectivity index (χ1v) is 7.21. The van der Waals surface area contributed by atoms with Gasteiger partial charge < -0.3 is 15.4 Å². The Morgan fingerprint density at radius 3 is 2.50 bits per heavy atom. The van der Waals surface area contributed by atoms with Crippen molar-refractivity contribution in [3.63, 3.8) is 0 Å². The van der Waals surface area contributed by atoms with Crippen molar-refractivity contribution in [1.82, 2.24) is 4.90 Å². The van der Waals surface area contributed by atoms with Crippen LogP contribution in [-0.2, 0) is 9.53 Å². The van der Waals surface area contributed by atoms with E-state index in [2.05, 4.69) is 0 Å². The third kappa shape index (κ3) is 2.86. The molecule has 0 bridgehead atoms. The maximum atomic E-state index is 12.6. The van der Waals surface area contributed by atoms with Crippen LogP contribution in [0.5, 0.6) is 0 Å². The number of hydrogen-bond acceptors (Lipinski definition) is 3. The van der Waals surface area contributed by atoms with Crippen molar-refractivity contribution in [2.24, 2.45) is 17.1 Å². The molecule has 0 aromatic heterocycles. The molecule has 0 aromatic carbocycles. The Kier molecular flexibility index (Phi) is 4.62. The first-order chi connectivity index (χ1) is 8.68. The van der Waals surface area contributed by atoms with Crippen LogP contribution in [0.4, 0.5) is 0 Å². The highest BCUT2D eigenvalue weighted by atomic mass is 16.5. The highest BCUT2D eigenvalue weighted by Crippen LogP contribution is 2.32. The number of rotatable bonds is 4. The molecule has 0 spiro atoms. The van der Waals surface area contributed by atoms with Gasteiger partial charge >= 0.3 is 0 Å². The summed E-state index contributed by atoms with van der Waals surface area (Å²) in [6.07, 6.45) is 6.74. The fraction of sp³-hybridized carbons (Fsp3) is 0.929. The Bertz CT molecular complexity index is 282. The van der Waals surface area contributed by atoms with Gasteiger partial charge in [-0.3, -0.25) is 4.79 Å². The van der Waals surface area contributed by atoms with E-state index in [1.807, 2.05) is 11.9 Å². The molecule has 0 atom stereocenters. The van der Waals surface area contributed by atoms with E-state index in [9.17, 15) is 4.79 Å². The second-order valence-corrected chi connectivity index (χ2v) is 5.93. The highest BCUT2D eigenvalue weighted by molar-refractivity contribution is 5.83. The largest absolute Gasteiger partial charge is 0.381 e. The van der Waals surface area contributed by atoms with Gasteiger partial charge in [0.15, 0.2) is 0 Å². The SMILES string of the molecule is CN(CC1CCCC1)C(=O)C1(CN)CCOCC1. The molecule has 1 aliphatic heterocycles. The Morgan fingerprint density at radius 2 is 1.94 bits per heavy atom. The van der Waals surface area contributed by atoms with Gasteiger partial charge in [-0.2, -0.15) is 0 Å². The molecule has 4 heteroatoms. The minimum Gasteiger partial charge on any atom is -0.381 e. The number of carbonyl (C=O) groups excluding carboxylic acids is 1. The lowest BCUT2D eigenvalue weighted by molar-refractivity contribution is -0.146. The van der Waals surface area contributed by atoms with Crippen LogP contribution in [0.3, 0.4) is 0 Å². The lowest BCUT2D eigenvalue weighted by Gasteiger charge is -2.38.